The molecule has 1 heterocycles. The molecule has 3 nitrogen and oxygen atoms in total. The lowest BCUT2D eigenvalue weighted by Gasteiger charge is -2.11. The number of benzene rings is 1. The molecule has 1 aromatic heterocycles. The molecule has 0 unspecified atom stereocenters. The fraction of sp³-hybridized carbons (Fsp3) is 0.214. The number of nitrogens with zero attached hydrogens (tertiary/aromatic N) is 1. The molecule has 0 aliphatic heterocycles. The van der Waals surface area contributed by atoms with Crippen LogP contribution in [0.3, 0.4) is 0 Å². The number of methoxy groups -OCH3 is 1. The quantitative estimate of drug-likeness (QED) is 0.925. The molecular weight excluding hydrogens is 311 g/mol. The molecule has 0 fully saturated rings. The number of aryl methyl sites for hydroxylation is 1. The van der Waals surface area contributed by atoms with Crippen molar-refractivity contribution in [1.82, 2.24) is 4.98 Å². The van der Waals surface area contributed by atoms with Crippen molar-refractivity contribution in [2.45, 2.75) is 13.5 Å². The summed E-state index contributed by atoms with van der Waals surface area (Å²) in [5, 5.41) is 3.15. The van der Waals surface area contributed by atoms with E-state index in [4.69, 9.17) is 4.74 Å². The predicted molar refractivity (Wildman–Crippen MR) is 77.0 cm³/mol. The Bertz CT molecular complexity index is 590. The fourth-order valence-electron chi connectivity index (χ4n) is 1.71. The monoisotopic (exact) mass is 324 g/mol. The summed E-state index contributed by atoms with van der Waals surface area (Å²) in [5.74, 6) is 1.12. The van der Waals surface area contributed by atoms with Crippen LogP contribution in [0.5, 0.6) is 5.75 Å². The highest BCUT2D eigenvalue weighted by Gasteiger charge is 2.05. The van der Waals surface area contributed by atoms with Gasteiger partial charge in [-0.05, 0) is 52.7 Å². The second kappa shape index (κ2) is 6.02. The van der Waals surface area contributed by atoms with Crippen LogP contribution in [-0.4, -0.2) is 12.1 Å². The van der Waals surface area contributed by atoms with E-state index in [1.54, 1.807) is 19.4 Å². The van der Waals surface area contributed by atoms with Crippen LogP contribution >= 0.6 is 15.9 Å². The SMILES string of the molecule is COc1ccc(F)cc1CNc1cc(C)c(Br)cn1. The Morgan fingerprint density at radius 2 is 2.16 bits per heavy atom. The average molecular weight is 325 g/mol. The Hall–Kier alpha value is -1.62. The van der Waals surface area contributed by atoms with Gasteiger partial charge in [0, 0.05) is 22.8 Å². The van der Waals surface area contributed by atoms with Gasteiger partial charge in [0.1, 0.15) is 17.4 Å². The first kappa shape index (κ1) is 13.8. The summed E-state index contributed by atoms with van der Waals surface area (Å²) in [5.41, 5.74) is 1.84. The number of ether oxygens (including phenoxy) is 1. The van der Waals surface area contributed by atoms with Crippen molar-refractivity contribution in [3.63, 3.8) is 0 Å². The molecule has 0 radical (unpaired) electrons. The highest BCUT2D eigenvalue weighted by Crippen LogP contribution is 2.21. The molecule has 0 saturated carbocycles. The molecule has 19 heavy (non-hydrogen) atoms. The second-order valence-corrected chi connectivity index (χ2v) is 4.98. The van der Waals surface area contributed by atoms with Crippen LogP contribution in [-0.2, 0) is 6.54 Å². The van der Waals surface area contributed by atoms with Crippen LogP contribution in [0.15, 0.2) is 34.9 Å². The minimum Gasteiger partial charge on any atom is -0.496 e. The second-order valence-electron chi connectivity index (χ2n) is 4.13. The summed E-state index contributed by atoms with van der Waals surface area (Å²) >= 11 is 3.40. The predicted octanol–water partition coefficient (Wildman–Crippen LogP) is 3.91. The van der Waals surface area contributed by atoms with E-state index in [0.717, 1.165) is 21.4 Å². The van der Waals surface area contributed by atoms with Crippen LogP contribution in [0, 0.1) is 12.7 Å². The molecule has 5 heteroatoms. The summed E-state index contributed by atoms with van der Waals surface area (Å²) in [6.45, 7) is 2.44. The van der Waals surface area contributed by atoms with E-state index >= 15 is 0 Å². The topological polar surface area (TPSA) is 34.1 Å². The highest BCUT2D eigenvalue weighted by atomic mass is 79.9. The largest absolute Gasteiger partial charge is 0.496 e. The van der Waals surface area contributed by atoms with E-state index in [1.165, 1.54) is 12.1 Å². The molecule has 2 rings (SSSR count). The first-order valence-corrected chi connectivity index (χ1v) is 6.58. The number of nitrogens with one attached hydrogen (secondary N) is 1. The van der Waals surface area contributed by atoms with Gasteiger partial charge in [-0.15, -0.1) is 0 Å². The normalized spacial score (nSPS) is 10.3. The number of pyridine rings is 1. The van der Waals surface area contributed by atoms with Crippen LogP contribution in [0.2, 0.25) is 0 Å². The van der Waals surface area contributed by atoms with Gasteiger partial charge in [-0.1, -0.05) is 0 Å². The van der Waals surface area contributed by atoms with Crippen molar-refractivity contribution in [3.8, 4) is 5.75 Å². The van der Waals surface area contributed by atoms with Gasteiger partial charge in [0.05, 0.1) is 7.11 Å². The Labute approximate surface area is 119 Å². The molecular formula is C14H14BrFN2O. The molecule has 0 atom stereocenters. The third kappa shape index (κ3) is 3.44. The summed E-state index contributed by atoms with van der Waals surface area (Å²) in [7, 11) is 1.57. The highest BCUT2D eigenvalue weighted by molar-refractivity contribution is 9.10. The van der Waals surface area contributed by atoms with Crippen molar-refractivity contribution in [3.05, 3.63) is 51.9 Å². The smallest absolute Gasteiger partial charge is 0.126 e. The Kier molecular flexibility index (Phi) is 4.37. The number of anilines is 1. The summed E-state index contributed by atoms with van der Waals surface area (Å²) in [4.78, 5) is 4.24. The minimum absolute atomic E-state index is 0.280. The summed E-state index contributed by atoms with van der Waals surface area (Å²) in [6, 6.07) is 6.38. The molecule has 100 valence electrons. The zero-order valence-corrected chi connectivity index (χ0v) is 12.3. The van der Waals surface area contributed by atoms with Crippen LogP contribution in [0.25, 0.3) is 0 Å². The molecule has 2 aromatic rings. The van der Waals surface area contributed by atoms with E-state index in [9.17, 15) is 4.39 Å². The van der Waals surface area contributed by atoms with Crippen LogP contribution in [0.1, 0.15) is 11.1 Å². The van der Waals surface area contributed by atoms with Crippen LogP contribution in [0.4, 0.5) is 10.2 Å². The van der Waals surface area contributed by atoms with E-state index in [2.05, 4.69) is 26.2 Å². The van der Waals surface area contributed by atoms with Crippen molar-refractivity contribution in [2.75, 3.05) is 12.4 Å². The number of aromatic nitrogens is 1. The van der Waals surface area contributed by atoms with Gasteiger partial charge in [-0.25, -0.2) is 9.37 Å². The third-order valence-electron chi connectivity index (χ3n) is 2.75. The zero-order chi connectivity index (χ0) is 13.8. The molecule has 0 amide bonds. The maximum Gasteiger partial charge on any atom is 0.126 e. The Morgan fingerprint density at radius 3 is 2.84 bits per heavy atom. The minimum atomic E-state index is -0.280. The van der Waals surface area contributed by atoms with Crippen molar-refractivity contribution < 1.29 is 9.13 Å². The number of rotatable bonds is 4. The van der Waals surface area contributed by atoms with Gasteiger partial charge >= 0.3 is 0 Å². The van der Waals surface area contributed by atoms with Gasteiger partial charge in [-0.3, -0.25) is 0 Å². The molecule has 1 N–H and O–H groups in total. The molecule has 1 aromatic carbocycles. The third-order valence-corrected chi connectivity index (χ3v) is 3.58. The van der Waals surface area contributed by atoms with E-state index in [-0.39, 0.29) is 5.82 Å². The summed E-state index contributed by atoms with van der Waals surface area (Å²) in [6.07, 6.45) is 1.74. The number of hydrogen-bond acceptors (Lipinski definition) is 3. The van der Waals surface area contributed by atoms with Crippen LogP contribution < -0.4 is 10.1 Å². The van der Waals surface area contributed by atoms with Crippen molar-refractivity contribution in [1.29, 1.82) is 0 Å². The standard InChI is InChI=1S/C14H14BrFN2O/c1-9-5-14(18-8-12(9)15)17-7-10-6-11(16)3-4-13(10)19-2/h3-6,8H,7H2,1-2H3,(H,17,18). The Balaban J connectivity index is 2.13. The fourth-order valence-corrected chi connectivity index (χ4v) is 1.92. The lowest BCUT2D eigenvalue weighted by atomic mass is 10.2. The van der Waals surface area contributed by atoms with Gasteiger partial charge < -0.3 is 10.1 Å². The first-order chi connectivity index (χ1) is 9.10. The zero-order valence-electron chi connectivity index (χ0n) is 10.7. The lowest BCUT2D eigenvalue weighted by Crippen LogP contribution is -2.04. The van der Waals surface area contributed by atoms with E-state index < -0.39 is 0 Å². The average Bonchev–Trinajstić information content (AvgIpc) is 2.40. The lowest BCUT2D eigenvalue weighted by molar-refractivity contribution is 0.409. The first-order valence-electron chi connectivity index (χ1n) is 5.78. The van der Waals surface area contributed by atoms with Gasteiger partial charge in [0.25, 0.3) is 0 Å². The number of halogens is 2. The van der Waals surface area contributed by atoms with Crippen molar-refractivity contribution >= 4 is 21.7 Å². The maximum atomic E-state index is 13.2. The molecule has 0 aliphatic carbocycles. The Morgan fingerprint density at radius 1 is 1.37 bits per heavy atom. The van der Waals surface area contributed by atoms with Gasteiger partial charge in [0.2, 0.25) is 0 Å². The van der Waals surface area contributed by atoms with E-state index in [1.807, 2.05) is 13.0 Å². The molecule has 0 aliphatic rings. The molecule has 0 bridgehead atoms. The van der Waals surface area contributed by atoms with E-state index in [0.29, 0.717) is 12.3 Å². The summed E-state index contributed by atoms with van der Waals surface area (Å²) < 4.78 is 19.4. The molecule has 0 saturated heterocycles. The van der Waals surface area contributed by atoms with Gasteiger partial charge in [0.15, 0.2) is 0 Å². The van der Waals surface area contributed by atoms with Crippen molar-refractivity contribution in [2.24, 2.45) is 0 Å². The molecule has 0 spiro atoms. The number of hydrogen-bond donors (Lipinski definition) is 1. The maximum absolute atomic E-state index is 13.2. The van der Waals surface area contributed by atoms with Gasteiger partial charge in [-0.2, -0.15) is 0 Å².